The third-order valence-corrected chi connectivity index (χ3v) is 2.27. The van der Waals surface area contributed by atoms with E-state index in [2.05, 4.69) is 32.9 Å². The molecular weight excluding hydrogens is 206 g/mol. The Morgan fingerprint density at radius 2 is 2.38 bits per heavy atom. The SMILES string of the molecule is CCCC(N)CNc1ccc2nnnn2n1. The van der Waals surface area contributed by atoms with Crippen molar-refractivity contribution in [3.63, 3.8) is 0 Å². The summed E-state index contributed by atoms with van der Waals surface area (Å²) in [7, 11) is 0. The maximum atomic E-state index is 5.89. The molecule has 16 heavy (non-hydrogen) atoms. The van der Waals surface area contributed by atoms with E-state index < -0.39 is 0 Å². The van der Waals surface area contributed by atoms with Crippen LogP contribution in [0, 0.1) is 0 Å². The molecule has 3 N–H and O–H groups in total. The van der Waals surface area contributed by atoms with E-state index in [1.807, 2.05) is 6.07 Å². The molecule has 0 aliphatic carbocycles. The Labute approximate surface area is 93.0 Å². The van der Waals surface area contributed by atoms with Gasteiger partial charge in [-0.1, -0.05) is 13.3 Å². The summed E-state index contributed by atoms with van der Waals surface area (Å²) in [5.41, 5.74) is 6.52. The predicted octanol–water partition coefficient (Wildman–Crippen LogP) is 0.0586. The van der Waals surface area contributed by atoms with E-state index in [1.165, 1.54) is 4.63 Å². The van der Waals surface area contributed by atoms with Gasteiger partial charge in [-0.2, -0.15) is 0 Å². The monoisotopic (exact) mass is 221 g/mol. The molecule has 0 saturated carbocycles. The highest BCUT2D eigenvalue weighted by Crippen LogP contribution is 2.03. The molecule has 0 fully saturated rings. The summed E-state index contributed by atoms with van der Waals surface area (Å²) in [5.74, 6) is 0.728. The number of hydrogen-bond donors (Lipinski definition) is 2. The maximum Gasteiger partial charge on any atom is 0.200 e. The van der Waals surface area contributed by atoms with E-state index >= 15 is 0 Å². The van der Waals surface area contributed by atoms with Crippen molar-refractivity contribution in [3.05, 3.63) is 12.1 Å². The molecule has 7 heteroatoms. The topological polar surface area (TPSA) is 94.0 Å². The van der Waals surface area contributed by atoms with Crippen molar-refractivity contribution in [2.24, 2.45) is 5.73 Å². The van der Waals surface area contributed by atoms with Crippen molar-refractivity contribution in [2.75, 3.05) is 11.9 Å². The molecule has 7 nitrogen and oxygen atoms in total. The molecule has 0 aromatic carbocycles. The first-order valence-electron chi connectivity index (χ1n) is 5.34. The highest BCUT2D eigenvalue weighted by atomic mass is 15.6. The minimum Gasteiger partial charge on any atom is -0.367 e. The zero-order chi connectivity index (χ0) is 11.4. The van der Waals surface area contributed by atoms with E-state index in [0.717, 1.165) is 18.7 Å². The van der Waals surface area contributed by atoms with Crippen LogP contribution in [0.25, 0.3) is 5.65 Å². The molecule has 0 bridgehead atoms. The van der Waals surface area contributed by atoms with Gasteiger partial charge in [0, 0.05) is 12.6 Å². The molecule has 0 aliphatic heterocycles. The molecule has 2 aromatic heterocycles. The van der Waals surface area contributed by atoms with Crippen molar-refractivity contribution in [1.29, 1.82) is 0 Å². The summed E-state index contributed by atoms with van der Waals surface area (Å²) < 4.78 is 1.38. The minimum atomic E-state index is 0.149. The van der Waals surface area contributed by atoms with Crippen LogP contribution in [0.2, 0.25) is 0 Å². The van der Waals surface area contributed by atoms with Gasteiger partial charge in [0.05, 0.1) is 0 Å². The average Bonchev–Trinajstić information content (AvgIpc) is 2.74. The van der Waals surface area contributed by atoms with E-state index in [4.69, 9.17) is 5.73 Å². The number of nitrogens with two attached hydrogens (primary N) is 1. The Bertz CT molecular complexity index is 452. The molecular formula is C9H15N7. The van der Waals surface area contributed by atoms with Gasteiger partial charge in [-0.05, 0) is 29.0 Å². The van der Waals surface area contributed by atoms with Crippen LogP contribution in [0.15, 0.2) is 12.1 Å². The van der Waals surface area contributed by atoms with E-state index in [0.29, 0.717) is 12.2 Å². The summed E-state index contributed by atoms with van der Waals surface area (Å²) in [6, 6.07) is 3.79. The Balaban J connectivity index is 1.98. The lowest BCUT2D eigenvalue weighted by Crippen LogP contribution is -2.29. The number of tetrazole rings is 1. The molecule has 0 spiro atoms. The van der Waals surface area contributed by atoms with Crippen molar-refractivity contribution < 1.29 is 0 Å². The fourth-order valence-corrected chi connectivity index (χ4v) is 1.45. The Morgan fingerprint density at radius 1 is 1.50 bits per heavy atom. The Hall–Kier alpha value is -1.76. The first-order chi connectivity index (χ1) is 7.79. The molecule has 86 valence electrons. The van der Waals surface area contributed by atoms with Gasteiger partial charge in [0.1, 0.15) is 5.82 Å². The van der Waals surface area contributed by atoms with Gasteiger partial charge in [-0.3, -0.25) is 0 Å². The first kappa shape index (κ1) is 10.7. The fourth-order valence-electron chi connectivity index (χ4n) is 1.45. The molecule has 2 aromatic rings. The van der Waals surface area contributed by atoms with Crippen molar-refractivity contribution in [2.45, 2.75) is 25.8 Å². The second kappa shape index (κ2) is 4.84. The zero-order valence-corrected chi connectivity index (χ0v) is 9.17. The van der Waals surface area contributed by atoms with Crippen molar-refractivity contribution in [1.82, 2.24) is 25.3 Å². The fraction of sp³-hybridized carbons (Fsp3) is 0.556. The molecule has 2 heterocycles. The molecule has 0 radical (unpaired) electrons. The molecule has 2 rings (SSSR count). The quantitative estimate of drug-likeness (QED) is 0.741. The van der Waals surface area contributed by atoms with Gasteiger partial charge < -0.3 is 11.1 Å². The van der Waals surface area contributed by atoms with Crippen LogP contribution in [0.4, 0.5) is 5.82 Å². The highest BCUT2D eigenvalue weighted by molar-refractivity contribution is 5.42. The van der Waals surface area contributed by atoms with Crippen LogP contribution >= 0.6 is 0 Å². The third-order valence-electron chi connectivity index (χ3n) is 2.27. The molecule has 0 amide bonds. The number of aromatic nitrogens is 5. The third kappa shape index (κ3) is 2.43. The standard InChI is InChI=1S/C9H15N7/c1-2-3-7(10)6-11-8-4-5-9-12-14-15-16(9)13-8/h4-5,7H,2-3,6,10H2,1H3,(H,11,13). The van der Waals surface area contributed by atoms with Crippen LogP contribution in [0.5, 0.6) is 0 Å². The summed E-state index contributed by atoms with van der Waals surface area (Å²) in [4.78, 5) is 0. The smallest absolute Gasteiger partial charge is 0.200 e. The number of anilines is 1. The largest absolute Gasteiger partial charge is 0.367 e. The van der Waals surface area contributed by atoms with Gasteiger partial charge in [0.2, 0.25) is 0 Å². The second-order valence-corrected chi connectivity index (χ2v) is 3.67. The van der Waals surface area contributed by atoms with E-state index in [-0.39, 0.29) is 6.04 Å². The summed E-state index contributed by atoms with van der Waals surface area (Å²) >= 11 is 0. The normalized spacial score (nSPS) is 12.9. The van der Waals surface area contributed by atoms with Gasteiger partial charge in [0.25, 0.3) is 0 Å². The van der Waals surface area contributed by atoms with Crippen molar-refractivity contribution >= 4 is 11.5 Å². The molecule has 0 aliphatic rings. The molecule has 0 saturated heterocycles. The van der Waals surface area contributed by atoms with Crippen LogP contribution < -0.4 is 11.1 Å². The van der Waals surface area contributed by atoms with Crippen LogP contribution in [-0.2, 0) is 0 Å². The number of nitrogens with zero attached hydrogens (tertiary/aromatic N) is 5. The van der Waals surface area contributed by atoms with E-state index in [1.54, 1.807) is 6.07 Å². The van der Waals surface area contributed by atoms with Gasteiger partial charge in [-0.25, -0.2) is 0 Å². The number of nitrogens with one attached hydrogen (secondary N) is 1. The molecule has 1 atom stereocenters. The minimum absolute atomic E-state index is 0.149. The van der Waals surface area contributed by atoms with Gasteiger partial charge in [0.15, 0.2) is 5.65 Å². The zero-order valence-electron chi connectivity index (χ0n) is 9.17. The van der Waals surface area contributed by atoms with Gasteiger partial charge >= 0.3 is 0 Å². The summed E-state index contributed by atoms with van der Waals surface area (Å²) in [6.07, 6.45) is 2.09. The Kier molecular flexibility index (Phi) is 3.25. The second-order valence-electron chi connectivity index (χ2n) is 3.67. The predicted molar refractivity (Wildman–Crippen MR) is 60.0 cm³/mol. The lowest BCUT2D eigenvalue weighted by atomic mass is 10.2. The molecule has 1 unspecified atom stereocenters. The number of hydrogen-bond acceptors (Lipinski definition) is 6. The van der Waals surface area contributed by atoms with Gasteiger partial charge in [-0.15, -0.1) is 14.8 Å². The van der Waals surface area contributed by atoms with Crippen molar-refractivity contribution in [3.8, 4) is 0 Å². The average molecular weight is 221 g/mol. The summed E-state index contributed by atoms with van der Waals surface area (Å²) in [6.45, 7) is 2.82. The van der Waals surface area contributed by atoms with Crippen LogP contribution in [-0.4, -0.2) is 37.8 Å². The lowest BCUT2D eigenvalue weighted by molar-refractivity contribution is 0.624. The van der Waals surface area contributed by atoms with Crippen LogP contribution in [0.3, 0.4) is 0 Å². The van der Waals surface area contributed by atoms with Crippen LogP contribution in [0.1, 0.15) is 19.8 Å². The summed E-state index contributed by atoms with van der Waals surface area (Å²) in [5, 5.41) is 18.3. The highest BCUT2D eigenvalue weighted by Gasteiger charge is 2.03. The maximum absolute atomic E-state index is 5.89. The number of rotatable bonds is 5. The Morgan fingerprint density at radius 3 is 3.19 bits per heavy atom. The number of fused-ring (bicyclic) bond motifs is 1. The lowest BCUT2D eigenvalue weighted by Gasteiger charge is -2.11. The first-order valence-corrected chi connectivity index (χ1v) is 5.34. The van der Waals surface area contributed by atoms with E-state index in [9.17, 15) is 0 Å².